The van der Waals surface area contributed by atoms with E-state index in [1.807, 2.05) is 13.8 Å². The quantitative estimate of drug-likeness (QED) is 0.656. The van der Waals surface area contributed by atoms with Gasteiger partial charge in [0.25, 0.3) is 5.91 Å². The Kier molecular flexibility index (Phi) is 7.40. The van der Waals surface area contributed by atoms with E-state index in [0.717, 1.165) is 25.7 Å². The predicted octanol–water partition coefficient (Wildman–Crippen LogP) is 2.45. The predicted molar refractivity (Wildman–Crippen MR) is 97.1 cm³/mol. The summed E-state index contributed by atoms with van der Waals surface area (Å²) in [5, 5.41) is 2.79. The summed E-state index contributed by atoms with van der Waals surface area (Å²) >= 11 is 0. The fraction of sp³-hybridized carbons (Fsp3) is 0.611. The lowest BCUT2D eigenvalue weighted by molar-refractivity contribution is 0.0757. The summed E-state index contributed by atoms with van der Waals surface area (Å²) in [5.74, 6) is -0.275. The molecule has 1 saturated carbocycles. The van der Waals surface area contributed by atoms with Gasteiger partial charge in [-0.3, -0.25) is 4.79 Å². The van der Waals surface area contributed by atoms with Gasteiger partial charge < -0.3 is 10.1 Å². The van der Waals surface area contributed by atoms with Crippen molar-refractivity contribution in [3.63, 3.8) is 0 Å². The van der Waals surface area contributed by atoms with Gasteiger partial charge in [-0.2, -0.15) is 0 Å². The van der Waals surface area contributed by atoms with Gasteiger partial charge >= 0.3 is 0 Å². The van der Waals surface area contributed by atoms with E-state index < -0.39 is 10.0 Å². The van der Waals surface area contributed by atoms with Gasteiger partial charge in [-0.1, -0.05) is 18.9 Å². The van der Waals surface area contributed by atoms with Gasteiger partial charge in [0.05, 0.1) is 11.0 Å². The molecule has 0 bridgehead atoms. The SMILES string of the molecule is CC(C)OCCCNC(=O)c1cccc(S(=O)(=O)NC2CCCC2)c1. The van der Waals surface area contributed by atoms with Crippen molar-refractivity contribution in [1.29, 1.82) is 0 Å². The van der Waals surface area contributed by atoms with Gasteiger partial charge in [0.2, 0.25) is 10.0 Å². The molecule has 1 aromatic rings. The lowest BCUT2D eigenvalue weighted by atomic mass is 10.2. The Bertz CT molecular complexity index is 667. The maximum atomic E-state index is 12.5. The molecule has 0 heterocycles. The Balaban J connectivity index is 1.92. The van der Waals surface area contributed by atoms with E-state index in [-0.39, 0.29) is 22.9 Å². The van der Waals surface area contributed by atoms with Gasteiger partial charge in [0.15, 0.2) is 0 Å². The van der Waals surface area contributed by atoms with Gasteiger partial charge in [-0.05, 0) is 51.3 Å². The van der Waals surface area contributed by atoms with E-state index in [1.165, 1.54) is 12.1 Å². The zero-order valence-electron chi connectivity index (χ0n) is 15.0. The average molecular weight is 368 g/mol. The summed E-state index contributed by atoms with van der Waals surface area (Å²) in [6.45, 7) is 4.99. The molecule has 0 atom stereocenters. The van der Waals surface area contributed by atoms with Crippen LogP contribution in [0.2, 0.25) is 0 Å². The van der Waals surface area contributed by atoms with Crippen LogP contribution in [-0.4, -0.2) is 39.6 Å². The highest BCUT2D eigenvalue weighted by atomic mass is 32.2. The topological polar surface area (TPSA) is 84.5 Å². The summed E-state index contributed by atoms with van der Waals surface area (Å²) < 4.78 is 33.1. The average Bonchev–Trinajstić information content (AvgIpc) is 3.06. The highest BCUT2D eigenvalue weighted by Gasteiger charge is 2.23. The summed E-state index contributed by atoms with van der Waals surface area (Å²) in [6, 6.07) is 6.17. The molecule has 0 saturated heterocycles. The van der Waals surface area contributed by atoms with E-state index in [0.29, 0.717) is 25.1 Å². The van der Waals surface area contributed by atoms with E-state index in [2.05, 4.69) is 10.0 Å². The number of hydrogen-bond acceptors (Lipinski definition) is 4. The van der Waals surface area contributed by atoms with Crippen LogP contribution < -0.4 is 10.0 Å². The molecule has 0 aromatic heterocycles. The summed E-state index contributed by atoms with van der Waals surface area (Å²) in [6.07, 6.45) is 4.73. The minimum atomic E-state index is -3.59. The number of carbonyl (C=O) groups is 1. The van der Waals surface area contributed by atoms with Crippen LogP contribution in [0.4, 0.5) is 0 Å². The number of benzene rings is 1. The first-order chi connectivity index (χ1) is 11.9. The van der Waals surface area contributed by atoms with Crippen LogP contribution in [0.1, 0.15) is 56.3 Å². The molecule has 7 heteroatoms. The summed E-state index contributed by atoms with van der Waals surface area (Å²) in [4.78, 5) is 12.3. The smallest absolute Gasteiger partial charge is 0.251 e. The van der Waals surface area contributed by atoms with Crippen LogP contribution in [0.15, 0.2) is 29.2 Å². The number of ether oxygens (including phenoxy) is 1. The van der Waals surface area contributed by atoms with Gasteiger partial charge in [0.1, 0.15) is 0 Å². The monoisotopic (exact) mass is 368 g/mol. The van der Waals surface area contributed by atoms with Crippen molar-refractivity contribution in [2.45, 2.75) is 63.0 Å². The highest BCUT2D eigenvalue weighted by Crippen LogP contribution is 2.20. The molecule has 0 aliphatic heterocycles. The van der Waals surface area contributed by atoms with Gasteiger partial charge in [-0.25, -0.2) is 13.1 Å². The zero-order chi connectivity index (χ0) is 18.3. The normalized spacial score (nSPS) is 15.6. The lowest BCUT2D eigenvalue weighted by Gasteiger charge is -2.13. The lowest BCUT2D eigenvalue weighted by Crippen LogP contribution is -2.33. The Hall–Kier alpha value is -1.44. The molecule has 1 amide bonds. The number of sulfonamides is 1. The van der Waals surface area contributed by atoms with Crippen LogP contribution in [0.25, 0.3) is 0 Å². The molecule has 2 N–H and O–H groups in total. The standard InChI is InChI=1S/C18H28N2O4S/c1-14(2)24-12-6-11-19-18(21)15-7-5-10-17(13-15)25(22,23)20-16-8-3-4-9-16/h5,7,10,13-14,16,20H,3-4,6,8-9,11-12H2,1-2H3,(H,19,21). The van der Waals surface area contributed by atoms with Crippen molar-refractivity contribution in [1.82, 2.24) is 10.0 Å². The number of amides is 1. The molecule has 0 spiro atoms. The van der Waals surface area contributed by atoms with Crippen molar-refractivity contribution >= 4 is 15.9 Å². The first-order valence-electron chi connectivity index (χ1n) is 8.90. The van der Waals surface area contributed by atoms with Crippen LogP contribution in [0.3, 0.4) is 0 Å². The molecular weight excluding hydrogens is 340 g/mol. The zero-order valence-corrected chi connectivity index (χ0v) is 15.8. The number of nitrogens with one attached hydrogen (secondary N) is 2. The molecule has 0 unspecified atom stereocenters. The molecule has 6 nitrogen and oxygen atoms in total. The second-order valence-corrected chi connectivity index (χ2v) is 8.37. The molecule has 1 aromatic carbocycles. The van der Waals surface area contributed by atoms with Crippen LogP contribution >= 0.6 is 0 Å². The van der Waals surface area contributed by atoms with Crippen LogP contribution in [-0.2, 0) is 14.8 Å². The largest absolute Gasteiger partial charge is 0.379 e. The fourth-order valence-electron chi connectivity index (χ4n) is 2.83. The number of carbonyl (C=O) groups excluding carboxylic acids is 1. The molecule has 140 valence electrons. The van der Waals surface area contributed by atoms with Crippen molar-refractivity contribution in [2.24, 2.45) is 0 Å². The first kappa shape index (κ1) is 19.9. The van der Waals surface area contributed by atoms with Crippen LogP contribution in [0, 0.1) is 0 Å². The first-order valence-corrected chi connectivity index (χ1v) is 10.4. The van der Waals surface area contributed by atoms with Crippen molar-refractivity contribution in [2.75, 3.05) is 13.2 Å². The van der Waals surface area contributed by atoms with Crippen LogP contribution in [0.5, 0.6) is 0 Å². The van der Waals surface area contributed by atoms with E-state index in [1.54, 1.807) is 12.1 Å². The second-order valence-electron chi connectivity index (χ2n) is 6.66. The van der Waals surface area contributed by atoms with Crippen molar-refractivity contribution in [3.8, 4) is 0 Å². The molecular formula is C18H28N2O4S. The maximum Gasteiger partial charge on any atom is 0.251 e. The summed E-state index contributed by atoms with van der Waals surface area (Å²) in [5.41, 5.74) is 0.346. The summed E-state index contributed by atoms with van der Waals surface area (Å²) in [7, 11) is -3.59. The number of rotatable bonds is 9. The Morgan fingerprint density at radius 3 is 2.68 bits per heavy atom. The Morgan fingerprint density at radius 1 is 1.28 bits per heavy atom. The minimum absolute atomic E-state index is 0.00319. The van der Waals surface area contributed by atoms with Gasteiger partial charge in [0, 0.05) is 24.8 Å². The molecule has 0 radical (unpaired) electrons. The van der Waals surface area contributed by atoms with Crippen molar-refractivity contribution < 1.29 is 17.9 Å². The molecule has 1 aliphatic carbocycles. The third-order valence-corrected chi connectivity index (χ3v) is 5.66. The van der Waals surface area contributed by atoms with E-state index in [4.69, 9.17) is 4.74 Å². The van der Waals surface area contributed by atoms with E-state index in [9.17, 15) is 13.2 Å². The third kappa shape index (κ3) is 6.41. The molecule has 25 heavy (non-hydrogen) atoms. The molecule has 1 fully saturated rings. The highest BCUT2D eigenvalue weighted by molar-refractivity contribution is 7.89. The van der Waals surface area contributed by atoms with E-state index >= 15 is 0 Å². The van der Waals surface area contributed by atoms with Crippen molar-refractivity contribution in [3.05, 3.63) is 29.8 Å². The molecule has 1 aliphatic rings. The minimum Gasteiger partial charge on any atom is -0.379 e. The Labute approximate surface area is 150 Å². The molecule has 2 rings (SSSR count). The maximum absolute atomic E-state index is 12.5. The fourth-order valence-corrected chi connectivity index (χ4v) is 4.18. The second kappa shape index (κ2) is 9.31. The third-order valence-electron chi connectivity index (χ3n) is 4.14. The number of hydrogen-bond donors (Lipinski definition) is 2. The van der Waals surface area contributed by atoms with Gasteiger partial charge in [-0.15, -0.1) is 0 Å². The Morgan fingerprint density at radius 2 is 2.00 bits per heavy atom.